The molecule has 0 radical (unpaired) electrons. The number of nitrogens with zero attached hydrogens (tertiary/aromatic N) is 2. The summed E-state index contributed by atoms with van der Waals surface area (Å²) in [7, 11) is 0. The molecule has 0 unspecified atom stereocenters. The lowest BCUT2D eigenvalue weighted by Gasteiger charge is -2.03. The first-order chi connectivity index (χ1) is 7.58. The van der Waals surface area contributed by atoms with Crippen LogP contribution >= 0.6 is 0 Å². The normalized spacial score (nSPS) is 11.1. The Morgan fingerprint density at radius 1 is 1.31 bits per heavy atom. The predicted molar refractivity (Wildman–Crippen MR) is 62.3 cm³/mol. The highest BCUT2D eigenvalue weighted by atomic mass is 19.1. The minimum Gasteiger partial charge on any atom is -0.306 e. The lowest BCUT2D eigenvalue weighted by atomic mass is 10.1. The van der Waals surface area contributed by atoms with Gasteiger partial charge in [0.25, 0.3) is 0 Å². The summed E-state index contributed by atoms with van der Waals surface area (Å²) in [5, 5.41) is 0. The fourth-order valence-corrected chi connectivity index (χ4v) is 1.52. The number of benzene rings is 1. The molecule has 0 aliphatic rings. The van der Waals surface area contributed by atoms with Crippen molar-refractivity contribution in [2.24, 2.45) is 0 Å². The smallest absolute Gasteiger partial charge is 0.128 e. The zero-order valence-electron chi connectivity index (χ0n) is 9.74. The van der Waals surface area contributed by atoms with E-state index in [9.17, 15) is 4.39 Å². The van der Waals surface area contributed by atoms with E-state index in [4.69, 9.17) is 0 Å². The standard InChI is InChI=1S/C13H15FN2/c1-9(2)13-7-16(8-15-13)11-5-4-10(3)12(14)6-11/h4-9H,1-3H3. The summed E-state index contributed by atoms with van der Waals surface area (Å²) in [5.74, 6) is 0.203. The quantitative estimate of drug-likeness (QED) is 0.755. The monoisotopic (exact) mass is 218 g/mol. The second-order valence-corrected chi connectivity index (χ2v) is 4.29. The Hall–Kier alpha value is -1.64. The van der Waals surface area contributed by atoms with Gasteiger partial charge < -0.3 is 4.57 Å². The summed E-state index contributed by atoms with van der Waals surface area (Å²) >= 11 is 0. The van der Waals surface area contributed by atoms with Gasteiger partial charge in [0.1, 0.15) is 5.82 Å². The van der Waals surface area contributed by atoms with E-state index in [0.29, 0.717) is 11.5 Å². The lowest BCUT2D eigenvalue weighted by molar-refractivity contribution is 0.617. The van der Waals surface area contributed by atoms with E-state index in [1.165, 1.54) is 6.07 Å². The number of aryl methyl sites for hydroxylation is 1. The highest BCUT2D eigenvalue weighted by Crippen LogP contribution is 2.16. The number of aromatic nitrogens is 2. The van der Waals surface area contributed by atoms with Crippen LogP contribution in [0.15, 0.2) is 30.7 Å². The summed E-state index contributed by atoms with van der Waals surface area (Å²) in [6.07, 6.45) is 3.66. The number of halogens is 1. The van der Waals surface area contributed by atoms with E-state index < -0.39 is 0 Å². The number of imidazole rings is 1. The molecule has 0 aliphatic heterocycles. The molecule has 0 saturated heterocycles. The topological polar surface area (TPSA) is 17.8 Å². The van der Waals surface area contributed by atoms with Gasteiger partial charge in [-0.1, -0.05) is 19.9 Å². The zero-order chi connectivity index (χ0) is 11.7. The third-order valence-electron chi connectivity index (χ3n) is 2.65. The van der Waals surface area contributed by atoms with E-state index in [1.54, 1.807) is 19.3 Å². The summed E-state index contributed by atoms with van der Waals surface area (Å²) < 4.78 is 15.2. The second-order valence-electron chi connectivity index (χ2n) is 4.29. The van der Waals surface area contributed by atoms with Crippen LogP contribution in [0.5, 0.6) is 0 Å². The minimum absolute atomic E-state index is 0.183. The molecule has 0 N–H and O–H groups in total. The fourth-order valence-electron chi connectivity index (χ4n) is 1.52. The molecule has 3 heteroatoms. The number of hydrogen-bond donors (Lipinski definition) is 0. The van der Waals surface area contributed by atoms with Gasteiger partial charge >= 0.3 is 0 Å². The van der Waals surface area contributed by atoms with Crippen molar-refractivity contribution in [2.75, 3.05) is 0 Å². The zero-order valence-corrected chi connectivity index (χ0v) is 9.74. The molecule has 16 heavy (non-hydrogen) atoms. The van der Waals surface area contributed by atoms with Crippen molar-refractivity contribution in [1.29, 1.82) is 0 Å². The summed E-state index contributed by atoms with van der Waals surface area (Å²) in [6.45, 7) is 5.93. The molecule has 0 bridgehead atoms. The maximum absolute atomic E-state index is 13.4. The average Bonchev–Trinajstić information content (AvgIpc) is 2.71. The van der Waals surface area contributed by atoms with Crippen LogP contribution < -0.4 is 0 Å². The van der Waals surface area contributed by atoms with Gasteiger partial charge in [0.2, 0.25) is 0 Å². The van der Waals surface area contributed by atoms with E-state index in [2.05, 4.69) is 18.8 Å². The molecular weight excluding hydrogens is 203 g/mol. The van der Waals surface area contributed by atoms with Gasteiger partial charge in [-0.05, 0) is 30.5 Å². The number of hydrogen-bond acceptors (Lipinski definition) is 1. The molecular formula is C13H15FN2. The molecule has 0 atom stereocenters. The van der Waals surface area contributed by atoms with Crippen molar-refractivity contribution in [3.8, 4) is 5.69 Å². The van der Waals surface area contributed by atoms with Crippen LogP contribution in [0, 0.1) is 12.7 Å². The molecule has 0 spiro atoms. The first-order valence-electron chi connectivity index (χ1n) is 5.38. The van der Waals surface area contributed by atoms with Gasteiger partial charge in [-0.2, -0.15) is 0 Å². The van der Waals surface area contributed by atoms with Crippen LogP contribution in [0.3, 0.4) is 0 Å². The summed E-state index contributed by atoms with van der Waals surface area (Å²) in [6, 6.07) is 5.20. The van der Waals surface area contributed by atoms with Crippen molar-refractivity contribution in [3.05, 3.63) is 47.8 Å². The maximum atomic E-state index is 13.4. The van der Waals surface area contributed by atoms with Crippen LogP contribution in [-0.2, 0) is 0 Å². The molecule has 84 valence electrons. The Labute approximate surface area is 94.8 Å². The molecule has 1 heterocycles. The molecule has 1 aromatic heterocycles. The average molecular weight is 218 g/mol. The van der Waals surface area contributed by atoms with Gasteiger partial charge in [0.15, 0.2) is 0 Å². The van der Waals surface area contributed by atoms with Crippen molar-refractivity contribution >= 4 is 0 Å². The van der Waals surface area contributed by atoms with Crippen LogP contribution in [-0.4, -0.2) is 9.55 Å². The Balaban J connectivity index is 2.39. The second kappa shape index (κ2) is 4.08. The third kappa shape index (κ3) is 1.98. The Kier molecular flexibility index (Phi) is 2.77. The van der Waals surface area contributed by atoms with Gasteiger partial charge in [0, 0.05) is 11.9 Å². The molecule has 0 saturated carbocycles. The van der Waals surface area contributed by atoms with E-state index >= 15 is 0 Å². The molecule has 2 rings (SSSR count). The predicted octanol–water partition coefficient (Wildman–Crippen LogP) is 3.44. The van der Waals surface area contributed by atoms with E-state index in [1.807, 2.05) is 16.8 Å². The third-order valence-corrected chi connectivity index (χ3v) is 2.65. The highest BCUT2D eigenvalue weighted by Gasteiger charge is 2.05. The van der Waals surface area contributed by atoms with Gasteiger partial charge in [-0.3, -0.25) is 0 Å². The first kappa shape index (κ1) is 10.9. The highest BCUT2D eigenvalue weighted by molar-refractivity contribution is 5.35. The summed E-state index contributed by atoms with van der Waals surface area (Å²) in [4.78, 5) is 4.28. The van der Waals surface area contributed by atoms with E-state index in [0.717, 1.165) is 11.4 Å². The molecule has 0 amide bonds. The molecule has 2 nitrogen and oxygen atoms in total. The lowest BCUT2D eigenvalue weighted by Crippen LogP contribution is -1.93. The molecule has 0 aliphatic carbocycles. The number of rotatable bonds is 2. The van der Waals surface area contributed by atoms with Gasteiger partial charge in [-0.15, -0.1) is 0 Å². The van der Waals surface area contributed by atoms with Crippen molar-refractivity contribution in [1.82, 2.24) is 9.55 Å². The fraction of sp³-hybridized carbons (Fsp3) is 0.308. The Morgan fingerprint density at radius 2 is 2.06 bits per heavy atom. The van der Waals surface area contributed by atoms with Crippen molar-refractivity contribution < 1.29 is 4.39 Å². The van der Waals surface area contributed by atoms with Crippen LogP contribution in [0.1, 0.15) is 31.0 Å². The van der Waals surface area contributed by atoms with Crippen molar-refractivity contribution in [3.63, 3.8) is 0 Å². The van der Waals surface area contributed by atoms with Crippen LogP contribution in [0.4, 0.5) is 4.39 Å². The SMILES string of the molecule is Cc1ccc(-n2cnc(C(C)C)c2)cc1F. The molecule has 0 fully saturated rings. The summed E-state index contributed by atoms with van der Waals surface area (Å²) in [5.41, 5.74) is 2.48. The maximum Gasteiger partial charge on any atom is 0.128 e. The van der Waals surface area contributed by atoms with Crippen molar-refractivity contribution in [2.45, 2.75) is 26.7 Å². The first-order valence-corrected chi connectivity index (χ1v) is 5.38. The molecule has 2 aromatic rings. The molecule has 1 aromatic carbocycles. The van der Waals surface area contributed by atoms with E-state index in [-0.39, 0.29) is 5.82 Å². The largest absolute Gasteiger partial charge is 0.306 e. The minimum atomic E-state index is -0.183. The van der Waals surface area contributed by atoms with Crippen LogP contribution in [0.25, 0.3) is 5.69 Å². The van der Waals surface area contributed by atoms with Crippen LogP contribution in [0.2, 0.25) is 0 Å². The van der Waals surface area contributed by atoms with Gasteiger partial charge in [0.05, 0.1) is 12.0 Å². The van der Waals surface area contributed by atoms with Gasteiger partial charge in [-0.25, -0.2) is 9.37 Å². The Bertz CT molecular complexity index is 500. The Morgan fingerprint density at radius 3 is 2.62 bits per heavy atom.